The molecular weight excluding hydrogens is 470 g/mol. The SMILES string of the molecule is CC1(C)CC(N=C[C@]23CC[C@H](O)C[C@@]2(O)CC[C@@H]2[C@@H]3CC[C@]3(C)[C@@H](C4=CC(=O)OC4)CC[C@]23O)CCO1. The fraction of sp³-hybridized carbons (Fsp3) is 0.867. The van der Waals surface area contributed by atoms with Gasteiger partial charge in [-0.3, -0.25) is 4.99 Å². The predicted octanol–water partition coefficient (Wildman–Crippen LogP) is 3.73. The Bertz CT molecular complexity index is 1010. The molecule has 1 saturated heterocycles. The topological polar surface area (TPSA) is 109 Å². The van der Waals surface area contributed by atoms with E-state index in [2.05, 4.69) is 27.0 Å². The summed E-state index contributed by atoms with van der Waals surface area (Å²) in [5.41, 5.74) is -1.89. The number of cyclic esters (lactones) is 1. The molecule has 6 aliphatic rings. The lowest BCUT2D eigenvalue weighted by molar-refractivity contribution is -0.237. The molecule has 0 aromatic carbocycles. The Morgan fingerprint density at radius 1 is 0.973 bits per heavy atom. The van der Waals surface area contributed by atoms with Crippen molar-refractivity contribution in [2.75, 3.05) is 13.2 Å². The third-order valence-corrected chi connectivity index (χ3v) is 11.8. The van der Waals surface area contributed by atoms with Crippen LogP contribution in [0.1, 0.15) is 91.4 Å². The third kappa shape index (κ3) is 3.81. The van der Waals surface area contributed by atoms with Crippen molar-refractivity contribution in [2.24, 2.45) is 33.6 Å². The zero-order valence-electron chi connectivity index (χ0n) is 22.7. The minimum absolute atomic E-state index is 0.0583. The van der Waals surface area contributed by atoms with E-state index in [0.717, 1.165) is 44.1 Å². The molecule has 6 rings (SSSR count). The van der Waals surface area contributed by atoms with Gasteiger partial charge in [0.05, 0.1) is 28.9 Å². The van der Waals surface area contributed by atoms with E-state index in [0.29, 0.717) is 45.3 Å². The van der Waals surface area contributed by atoms with Crippen LogP contribution in [0, 0.1) is 28.6 Å². The number of fused-ring (bicyclic) bond motifs is 5. The summed E-state index contributed by atoms with van der Waals surface area (Å²) in [6, 6.07) is 0.161. The predicted molar refractivity (Wildman–Crippen MR) is 139 cm³/mol. The molecular formula is C30H45NO6. The molecule has 7 heteroatoms. The second kappa shape index (κ2) is 8.61. The average molecular weight is 516 g/mol. The van der Waals surface area contributed by atoms with Gasteiger partial charge in [0.25, 0.3) is 0 Å². The highest BCUT2D eigenvalue weighted by atomic mass is 16.5. The van der Waals surface area contributed by atoms with Crippen LogP contribution in [0.25, 0.3) is 0 Å². The molecule has 3 N–H and O–H groups in total. The Hall–Kier alpha value is -1.28. The summed E-state index contributed by atoms with van der Waals surface area (Å²) < 4.78 is 11.2. The Balaban J connectivity index is 1.35. The average Bonchev–Trinajstić information content (AvgIpc) is 3.37. The van der Waals surface area contributed by atoms with E-state index in [4.69, 9.17) is 14.5 Å². The van der Waals surface area contributed by atoms with Crippen LogP contribution in [0.15, 0.2) is 16.6 Å². The first-order valence-corrected chi connectivity index (χ1v) is 14.6. The number of carbonyl (C=O) groups excluding carboxylic acids is 1. The van der Waals surface area contributed by atoms with Crippen molar-refractivity contribution in [3.05, 3.63) is 11.6 Å². The molecule has 0 radical (unpaired) electrons. The van der Waals surface area contributed by atoms with Crippen molar-refractivity contribution in [3.8, 4) is 0 Å². The molecule has 4 aliphatic carbocycles. The molecule has 0 aromatic rings. The van der Waals surface area contributed by atoms with Crippen molar-refractivity contribution in [1.82, 2.24) is 0 Å². The molecule has 37 heavy (non-hydrogen) atoms. The molecule has 0 bridgehead atoms. The van der Waals surface area contributed by atoms with Crippen LogP contribution in [-0.2, 0) is 14.3 Å². The first kappa shape index (κ1) is 26.0. The smallest absolute Gasteiger partial charge is 0.331 e. The van der Waals surface area contributed by atoms with Crippen molar-refractivity contribution in [1.29, 1.82) is 0 Å². The minimum Gasteiger partial charge on any atom is -0.458 e. The van der Waals surface area contributed by atoms with E-state index >= 15 is 0 Å². The van der Waals surface area contributed by atoms with Crippen LogP contribution in [0.3, 0.4) is 0 Å². The normalized spacial score (nSPS) is 51.2. The summed E-state index contributed by atoms with van der Waals surface area (Å²) in [7, 11) is 0. The zero-order chi connectivity index (χ0) is 26.3. The first-order chi connectivity index (χ1) is 17.4. The van der Waals surface area contributed by atoms with E-state index in [1.807, 2.05) is 0 Å². The van der Waals surface area contributed by atoms with Gasteiger partial charge in [-0.25, -0.2) is 4.79 Å². The highest BCUT2D eigenvalue weighted by Crippen LogP contribution is 2.70. The van der Waals surface area contributed by atoms with E-state index in [1.165, 1.54) is 0 Å². The van der Waals surface area contributed by atoms with Gasteiger partial charge in [0, 0.05) is 36.1 Å². The van der Waals surface area contributed by atoms with Crippen LogP contribution in [0.4, 0.5) is 0 Å². The first-order valence-electron chi connectivity index (χ1n) is 14.6. The van der Waals surface area contributed by atoms with E-state index < -0.39 is 22.7 Å². The maximum Gasteiger partial charge on any atom is 0.331 e. The molecule has 0 aromatic heterocycles. The van der Waals surface area contributed by atoms with Crippen LogP contribution in [-0.4, -0.2) is 69.7 Å². The molecule has 206 valence electrons. The maximum absolute atomic E-state index is 12.5. The van der Waals surface area contributed by atoms with Gasteiger partial charge in [-0.1, -0.05) is 6.92 Å². The van der Waals surface area contributed by atoms with E-state index in [9.17, 15) is 20.1 Å². The number of esters is 1. The maximum atomic E-state index is 12.5. The highest BCUT2D eigenvalue weighted by molar-refractivity contribution is 5.85. The Morgan fingerprint density at radius 3 is 2.49 bits per heavy atom. The molecule has 9 atom stereocenters. The largest absolute Gasteiger partial charge is 0.458 e. The van der Waals surface area contributed by atoms with E-state index in [1.54, 1.807) is 6.08 Å². The number of aliphatic imine (C=N–C) groups is 1. The Labute approximate surface area is 220 Å². The van der Waals surface area contributed by atoms with Gasteiger partial charge >= 0.3 is 5.97 Å². The molecule has 0 spiro atoms. The van der Waals surface area contributed by atoms with Crippen molar-refractivity contribution in [3.63, 3.8) is 0 Å². The summed E-state index contributed by atoms with van der Waals surface area (Å²) in [5, 5.41) is 35.4. The Kier molecular flexibility index (Phi) is 6.04. The fourth-order valence-corrected chi connectivity index (χ4v) is 9.93. The third-order valence-electron chi connectivity index (χ3n) is 11.8. The second-order valence-electron chi connectivity index (χ2n) is 14.1. The van der Waals surface area contributed by atoms with Gasteiger partial charge in [0.1, 0.15) is 6.61 Å². The summed E-state index contributed by atoms with van der Waals surface area (Å²) in [4.78, 5) is 17.0. The van der Waals surface area contributed by atoms with Gasteiger partial charge in [-0.15, -0.1) is 0 Å². The van der Waals surface area contributed by atoms with Crippen molar-refractivity contribution < 1.29 is 29.6 Å². The lowest BCUT2D eigenvalue weighted by atomic mass is 9.41. The summed E-state index contributed by atoms with van der Waals surface area (Å²) >= 11 is 0. The van der Waals surface area contributed by atoms with Gasteiger partial charge < -0.3 is 24.8 Å². The van der Waals surface area contributed by atoms with E-state index in [-0.39, 0.29) is 40.8 Å². The lowest BCUT2D eigenvalue weighted by Gasteiger charge is -2.65. The molecule has 7 nitrogen and oxygen atoms in total. The molecule has 2 aliphatic heterocycles. The van der Waals surface area contributed by atoms with Gasteiger partial charge in [0.15, 0.2) is 0 Å². The summed E-state index contributed by atoms with van der Waals surface area (Å²) in [6.07, 6.45) is 11.4. The number of ether oxygens (including phenoxy) is 2. The number of aliphatic hydroxyl groups excluding tert-OH is 1. The van der Waals surface area contributed by atoms with Crippen molar-refractivity contribution >= 4 is 12.2 Å². The number of hydrogen-bond acceptors (Lipinski definition) is 7. The monoisotopic (exact) mass is 515 g/mol. The van der Waals surface area contributed by atoms with Crippen LogP contribution in [0.2, 0.25) is 0 Å². The highest BCUT2D eigenvalue weighted by Gasteiger charge is 2.71. The number of nitrogens with zero attached hydrogens (tertiary/aromatic N) is 1. The van der Waals surface area contributed by atoms with Crippen molar-refractivity contribution in [2.45, 2.75) is 120 Å². The second-order valence-corrected chi connectivity index (χ2v) is 14.1. The number of aliphatic hydroxyl groups is 3. The number of hydrogen-bond donors (Lipinski definition) is 3. The standard InChI is InChI=1S/C30H45NO6/c1-26(2)15-20(8-13-37-26)31-18-28-10-4-21(32)16-29(28,34)11-6-24-23(28)5-9-27(3)22(7-12-30(24,27)35)19-14-25(33)36-17-19/h14,18,20-24,32,34-35H,4-13,15-17H2,1-3H3/t20?,21-,22+,23-,24+,27+,28-,29-,30-/m0/s1. The number of carbonyl (C=O) groups is 1. The fourth-order valence-electron chi connectivity index (χ4n) is 9.93. The quantitative estimate of drug-likeness (QED) is 0.390. The zero-order valence-corrected chi connectivity index (χ0v) is 22.7. The molecule has 5 fully saturated rings. The van der Waals surface area contributed by atoms with Crippen LogP contribution >= 0.6 is 0 Å². The summed E-state index contributed by atoms with van der Waals surface area (Å²) in [6.45, 7) is 7.49. The molecule has 0 amide bonds. The number of rotatable bonds is 3. The molecule has 1 unspecified atom stereocenters. The minimum atomic E-state index is -1.01. The van der Waals surface area contributed by atoms with Crippen LogP contribution in [0.5, 0.6) is 0 Å². The molecule has 2 heterocycles. The van der Waals surface area contributed by atoms with Crippen LogP contribution < -0.4 is 0 Å². The molecule has 4 saturated carbocycles. The van der Waals surface area contributed by atoms with Gasteiger partial charge in [-0.05, 0) is 101 Å². The summed E-state index contributed by atoms with van der Waals surface area (Å²) in [5.74, 6) is 0.0521. The van der Waals surface area contributed by atoms with Gasteiger partial charge in [0.2, 0.25) is 0 Å². The Morgan fingerprint density at radius 2 is 1.76 bits per heavy atom. The van der Waals surface area contributed by atoms with Gasteiger partial charge in [-0.2, -0.15) is 0 Å². The lowest BCUT2D eigenvalue weighted by Crippen LogP contribution is -2.68.